The molecule has 0 saturated carbocycles. The van der Waals surface area contributed by atoms with Crippen molar-refractivity contribution < 1.29 is 0 Å². The van der Waals surface area contributed by atoms with Crippen molar-refractivity contribution in [3.63, 3.8) is 0 Å². The Hall–Kier alpha value is -1.22. The fourth-order valence-electron chi connectivity index (χ4n) is 2.62. The lowest BCUT2D eigenvalue weighted by molar-refractivity contribution is 0.588. The van der Waals surface area contributed by atoms with E-state index >= 15 is 0 Å². The summed E-state index contributed by atoms with van der Waals surface area (Å²) in [6.07, 6.45) is 8.20. The van der Waals surface area contributed by atoms with Gasteiger partial charge in [0.25, 0.3) is 0 Å². The summed E-state index contributed by atoms with van der Waals surface area (Å²) in [6.45, 7) is 10.1. The van der Waals surface area contributed by atoms with Crippen LogP contribution in [0.1, 0.15) is 56.9 Å². The molecule has 0 N–H and O–H groups in total. The van der Waals surface area contributed by atoms with E-state index in [4.69, 9.17) is 0 Å². The molecule has 2 rings (SSSR count). The van der Waals surface area contributed by atoms with Crippen molar-refractivity contribution in [3.05, 3.63) is 54.1 Å². The Balaban J connectivity index is 1.97. The van der Waals surface area contributed by atoms with Crippen LogP contribution in [0.4, 0.5) is 0 Å². The molecule has 1 aromatic heterocycles. The minimum absolute atomic E-state index is 0.230. The molecular weight excluding hydrogens is 288 g/mol. The Morgan fingerprint density at radius 2 is 1.91 bits per heavy atom. The SMILES string of the molecule is CCSC(CCCn1ccnc1)c1ccc(C(C)(C)C)cc1. The van der Waals surface area contributed by atoms with Crippen LogP contribution in [-0.2, 0) is 12.0 Å². The van der Waals surface area contributed by atoms with Crippen molar-refractivity contribution in [1.29, 1.82) is 0 Å². The maximum Gasteiger partial charge on any atom is 0.0945 e. The first-order valence-electron chi connectivity index (χ1n) is 8.18. The van der Waals surface area contributed by atoms with Gasteiger partial charge < -0.3 is 4.57 Å². The fraction of sp³-hybridized carbons (Fsp3) is 0.526. The average Bonchev–Trinajstić information content (AvgIpc) is 2.99. The lowest BCUT2D eigenvalue weighted by atomic mass is 9.86. The van der Waals surface area contributed by atoms with Crippen LogP contribution in [0.3, 0.4) is 0 Å². The van der Waals surface area contributed by atoms with Crippen LogP contribution in [-0.4, -0.2) is 15.3 Å². The van der Waals surface area contributed by atoms with Crippen LogP contribution >= 0.6 is 11.8 Å². The zero-order valence-corrected chi connectivity index (χ0v) is 15.1. The monoisotopic (exact) mass is 316 g/mol. The number of imidazole rings is 1. The predicted molar refractivity (Wildman–Crippen MR) is 97.5 cm³/mol. The number of rotatable bonds is 7. The molecule has 0 spiro atoms. The van der Waals surface area contributed by atoms with Crippen molar-refractivity contribution in [3.8, 4) is 0 Å². The van der Waals surface area contributed by atoms with Crippen LogP contribution in [0.5, 0.6) is 0 Å². The third kappa shape index (κ3) is 4.91. The molecule has 0 bridgehead atoms. The molecule has 2 aromatic rings. The van der Waals surface area contributed by atoms with Crippen molar-refractivity contribution in [1.82, 2.24) is 9.55 Å². The van der Waals surface area contributed by atoms with E-state index in [1.807, 2.05) is 18.7 Å². The van der Waals surface area contributed by atoms with E-state index in [0.29, 0.717) is 5.25 Å². The van der Waals surface area contributed by atoms with Gasteiger partial charge in [0.2, 0.25) is 0 Å². The van der Waals surface area contributed by atoms with Crippen molar-refractivity contribution in [2.45, 2.75) is 57.7 Å². The number of nitrogens with zero attached hydrogens (tertiary/aromatic N) is 2. The van der Waals surface area contributed by atoms with Gasteiger partial charge >= 0.3 is 0 Å². The largest absolute Gasteiger partial charge is 0.337 e. The highest BCUT2D eigenvalue weighted by molar-refractivity contribution is 7.99. The second-order valence-electron chi connectivity index (χ2n) is 6.76. The normalized spacial score (nSPS) is 13.3. The van der Waals surface area contributed by atoms with Crippen LogP contribution in [0.15, 0.2) is 43.0 Å². The number of hydrogen-bond acceptors (Lipinski definition) is 2. The molecule has 22 heavy (non-hydrogen) atoms. The van der Waals surface area contributed by atoms with Crippen LogP contribution in [0.2, 0.25) is 0 Å². The van der Waals surface area contributed by atoms with E-state index in [1.165, 1.54) is 24.0 Å². The Kier molecular flexibility index (Phi) is 6.13. The highest BCUT2D eigenvalue weighted by atomic mass is 32.2. The van der Waals surface area contributed by atoms with Crippen LogP contribution in [0, 0.1) is 0 Å². The molecule has 2 nitrogen and oxygen atoms in total. The van der Waals surface area contributed by atoms with Gasteiger partial charge in [0.1, 0.15) is 0 Å². The molecule has 0 amide bonds. The van der Waals surface area contributed by atoms with E-state index in [0.717, 1.165) is 12.3 Å². The first-order valence-corrected chi connectivity index (χ1v) is 9.23. The zero-order chi connectivity index (χ0) is 16.0. The summed E-state index contributed by atoms with van der Waals surface area (Å²) in [6, 6.07) is 9.25. The van der Waals surface area contributed by atoms with E-state index in [1.54, 1.807) is 0 Å². The van der Waals surface area contributed by atoms with Crippen molar-refractivity contribution in [2.75, 3.05) is 5.75 Å². The Bertz CT molecular complexity index is 538. The molecule has 120 valence electrons. The number of thioether (sulfide) groups is 1. The summed E-state index contributed by atoms with van der Waals surface area (Å²) in [5.41, 5.74) is 3.10. The van der Waals surface area contributed by atoms with E-state index < -0.39 is 0 Å². The summed E-state index contributed by atoms with van der Waals surface area (Å²) in [7, 11) is 0. The smallest absolute Gasteiger partial charge is 0.0945 e. The molecule has 1 atom stereocenters. The quantitative estimate of drug-likeness (QED) is 0.675. The molecule has 0 radical (unpaired) electrons. The molecular formula is C19H28N2S. The molecule has 0 aliphatic rings. The second kappa shape index (κ2) is 7.87. The predicted octanol–water partition coefficient (Wildman–Crippen LogP) is 5.46. The maximum absolute atomic E-state index is 4.10. The van der Waals surface area contributed by atoms with Gasteiger partial charge in [0.05, 0.1) is 6.33 Å². The van der Waals surface area contributed by atoms with Crippen LogP contribution < -0.4 is 0 Å². The number of aryl methyl sites for hydroxylation is 1. The third-order valence-corrected chi connectivity index (χ3v) is 5.20. The second-order valence-corrected chi connectivity index (χ2v) is 8.24. The van der Waals surface area contributed by atoms with Gasteiger partial charge in [-0.25, -0.2) is 4.98 Å². The molecule has 1 aromatic carbocycles. The molecule has 1 unspecified atom stereocenters. The Morgan fingerprint density at radius 3 is 2.45 bits per heavy atom. The standard InChI is InChI=1S/C19H28N2S/c1-5-22-18(7-6-13-21-14-12-20-15-21)16-8-10-17(11-9-16)19(2,3)4/h8-12,14-15,18H,5-7,13H2,1-4H3. The summed E-state index contributed by atoms with van der Waals surface area (Å²) in [5, 5.41) is 0.600. The van der Waals surface area contributed by atoms with Gasteiger partial charge in [0.15, 0.2) is 0 Å². The minimum atomic E-state index is 0.230. The van der Waals surface area contributed by atoms with Gasteiger partial charge in [-0.3, -0.25) is 0 Å². The van der Waals surface area contributed by atoms with E-state index in [2.05, 4.69) is 73.3 Å². The summed E-state index contributed by atoms with van der Waals surface area (Å²) >= 11 is 2.06. The average molecular weight is 317 g/mol. The van der Waals surface area contributed by atoms with Gasteiger partial charge in [-0.15, -0.1) is 0 Å². The summed E-state index contributed by atoms with van der Waals surface area (Å²) in [4.78, 5) is 4.10. The molecule has 3 heteroatoms. The van der Waals surface area contributed by atoms with Gasteiger partial charge in [-0.05, 0) is 35.1 Å². The Labute approximate surface area is 139 Å². The first-order chi connectivity index (χ1) is 10.5. The molecule has 0 aliphatic carbocycles. The zero-order valence-electron chi connectivity index (χ0n) is 14.2. The first kappa shape index (κ1) is 17.1. The molecule has 1 heterocycles. The minimum Gasteiger partial charge on any atom is -0.337 e. The van der Waals surface area contributed by atoms with Crippen LogP contribution in [0.25, 0.3) is 0 Å². The number of hydrogen-bond donors (Lipinski definition) is 0. The lowest BCUT2D eigenvalue weighted by Gasteiger charge is -2.21. The van der Waals surface area contributed by atoms with Gasteiger partial charge in [-0.2, -0.15) is 11.8 Å². The highest BCUT2D eigenvalue weighted by Gasteiger charge is 2.15. The maximum atomic E-state index is 4.10. The molecule has 0 aliphatic heterocycles. The molecule has 0 fully saturated rings. The fourth-order valence-corrected chi connectivity index (χ4v) is 3.71. The number of benzene rings is 1. The molecule has 0 saturated heterocycles. The van der Waals surface area contributed by atoms with Gasteiger partial charge in [0, 0.05) is 24.2 Å². The van der Waals surface area contributed by atoms with Gasteiger partial charge in [-0.1, -0.05) is 52.0 Å². The van der Waals surface area contributed by atoms with Crippen molar-refractivity contribution >= 4 is 11.8 Å². The van der Waals surface area contributed by atoms with E-state index in [9.17, 15) is 0 Å². The lowest BCUT2D eigenvalue weighted by Crippen LogP contribution is -2.11. The topological polar surface area (TPSA) is 17.8 Å². The summed E-state index contributed by atoms with van der Waals surface area (Å²) < 4.78 is 2.16. The number of aromatic nitrogens is 2. The van der Waals surface area contributed by atoms with Crippen molar-refractivity contribution in [2.24, 2.45) is 0 Å². The highest BCUT2D eigenvalue weighted by Crippen LogP contribution is 2.34. The third-order valence-electron chi connectivity index (χ3n) is 3.96. The van der Waals surface area contributed by atoms with E-state index in [-0.39, 0.29) is 5.41 Å². The Morgan fingerprint density at radius 1 is 1.18 bits per heavy atom. The summed E-state index contributed by atoms with van der Waals surface area (Å²) in [5.74, 6) is 1.16.